The third-order valence-electron chi connectivity index (χ3n) is 3.46. The molecule has 126 valence electrons. The lowest BCUT2D eigenvalue weighted by Crippen LogP contribution is -2.11. The molecule has 3 nitrogen and oxygen atoms in total. The average Bonchev–Trinajstić information content (AvgIpc) is 2.60. The Morgan fingerprint density at radius 2 is 1.28 bits per heavy atom. The predicted octanol–water partition coefficient (Wildman–Crippen LogP) is 5.10. The van der Waals surface area contributed by atoms with E-state index >= 15 is 0 Å². The summed E-state index contributed by atoms with van der Waals surface area (Å²) in [5.41, 5.74) is 1.93. The van der Waals surface area contributed by atoms with Crippen LogP contribution in [-0.4, -0.2) is 5.91 Å². The van der Waals surface area contributed by atoms with Crippen LogP contribution in [0.25, 0.3) is 0 Å². The van der Waals surface area contributed by atoms with Gasteiger partial charge in [0.25, 0.3) is 5.91 Å². The van der Waals surface area contributed by atoms with Crippen LogP contribution in [0, 0.1) is 17.5 Å². The molecular weight excluding hydrogens is 329 g/mol. The highest BCUT2D eigenvalue weighted by molar-refractivity contribution is 6.04. The van der Waals surface area contributed by atoms with Crippen molar-refractivity contribution in [2.75, 3.05) is 10.6 Å². The van der Waals surface area contributed by atoms with Gasteiger partial charge in [-0.1, -0.05) is 0 Å². The third kappa shape index (κ3) is 4.17. The highest BCUT2D eigenvalue weighted by atomic mass is 19.2. The van der Waals surface area contributed by atoms with E-state index in [-0.39, 0.29) is 5.91 Å². The number of carbonyl (C=O) groups is 1. The van der Waals surface area contributed by atoms with Crippen molar-refractivity contribution in [3.63, 3.8) is 0 Å². The average molecular weight is 342 g/mol. The number of hydrogen-bond donors (Lipinski definition) is 2. The third-order valence-corrected chi connectivity index (χ3v) is 3.46. The van der Waals surface area contributed by atoms with Crippen molar-refractivity contribution in [3.05, 3.63) is 89.7 Å². The molecule has 0 bridgehead atoms. The van der Waals surface area contributed by atoms with E-state index in [2.05, 4.69) is 10.6 Å². The smallest absolute Gasteiger partial charge is 0.255 e. The van der Waals surface area contributed by atoms with Crippen LogP contribution in [0.15, 0.2) is 66.7 Å². The molecule has 1 amide bonds. The van der Waals surface area contributed by atoms with Gasteiger partial charge in [-0.25, -0.2) is 13.2 Å². The zero-order valence-corrected chi connectivity index (χ0v) is 12.9. The molecule has 25 heavy (non-hydrogen) atoms. The fraction of sp³-hybridized carbons (Fsp3) is 0. The number of anilines is 3. The number of amides is 1. The van der Waals surface area contributed by atoms with Crippen molar-refractivity contribution in [1.82, 2.24) is 0 Å². The lowest BCUT2D eigenvalue weighted by molar-refractivity contribution is 0.102. The molecule has 0 fully saturated rings. The molecule has 0 aliphatic carbocycles. The molecule has 0 radical (unpaired) electrons. The van der Waals surface area contributed by atoms with Crippen LogP contribution in [0.2, 0.25) is 0 Å². The molecule has 0 aromatic heterocycles. The number of rotatable bonds is 4. The molecule has 0 heterocycles. The highest BCUT2D eigenvalue weighted by Gasteiger charge is 2.07. The maximum atomic E-state index is 13.2. The molecule has 6 heteroatoms. The van der Waals surface area contributed by atoms with Crippen LogP contribution in [0.4, 0.5) is 30.2 Å². The Hall–Kier alpha value is -3.28. The molecule has 3 aromatic carbocycles. The maximum Gasteiger partial charge on any atom is 0.255 e. The molecule has 0 unspecified atom stereocenters. The normalized spacial score (nSPS) is 10.4. The van der Waals surface area contributed by atoms with Gasteiger partial charge in [0.1, 0.15) is 5.82 Å². The number of halogens is 3. The van der Waals surface area contributed by atoms with Crippen LogP contribution >= 0.6 is 0 Å². The van der Waals surface area contributed by atoms with E-state index in [1.54, 1.807) is 24.3 Å². The van der Waals surface area contributed by atoms with Gasteiger partial charge in [-0.05, 0) is 60.7 Å². The number of hydrogen-bond acceptors (Lipinski definition) is 2. The molecule has 0 aliphatic rings. The van der Waals surface area contributed by atoms with E-state index < -0.39 is 17.5 Å². The first kappa shape index (κ1) is 16.6. The van der Waals surface area contributed by atoms with Gasteiger partial charge >= 0.3 is 0 Å². The summed E-state index contributed by atoms with van der Waals surface area (Å²) in [5.74, 6) is -2.62. The molecule has 0 saturated heterocycles. The Morgan fingerprint density at radius 1 is 0.680 bits per heavy atom. The monoisotopic (exact) mass is 342 g/mol. The van der Waals surface area contributed by atoms with Crippen LogP contribution in [0.3, 0.4) is 0 Å². The molecule has 3 rings (SSSR count). The Kier molecular flexibility index (Phi) is 4.70. The van der Waals surface area contributed by atoms with Crippen LogP contribution in [0.1, 0.15) is 10.4 Å². The minimum Gasteiger partial charge on any atom is -0.355 e. The van der Waals surface area contributed by atoms with Gasteiger partial charge in [-0.3, -0.25) is 4.79 Å². The van der Waals surface area contributed by atoms with Crippen molar-refractivity contribution in [2.24, 2.45) is 0 Å². The van der Waals surface area contributed by atoms with E-state index in [1.165, 1.54) is 30.3 Å². The minimum atomic E-state index is -0.937. The summed E-state index contributed by atoms with van der Waals surface area (Å²) in [6, 6.07) is 15.4. The quantitative estimate of drug-likeness (QED) is 0.692. The molecule has 0 atom stereocenters. The number of benzene rings is 3. The Balaban J connectivity index is 1.66. The van der Waals surface area contributed by atoms with Gasteiger partial charge in [0.15, 0.2) is 11.6 Å². The molecular formula is C19H13F3N2O. The standard InChI is InChI=1S/C19H13F3N2O/c20-13-3-1-12(2-4-13)19(25)24-15-7-5-14(6-8-15)23-16-9-10-17(21)18(22)11-16/h1-11,23H,(H,24,25). The largest absolute Gasteiger partial charge is 0.355 e. The summed E-state index contributed by atoms with van der Waals surface area (Å²) in [7, 11) is 0. The van der Waals surface area contributed by atoms with E-state index in [4.69, 9.17) is 0 Å². The summed E-state index contributed by atoms with van der Waals surface area (Å²) in [6.45, 7) is 0. The van der Waals surface area contributed by atoms with E-state index in [0.29, 0.717) is 22.6 Å². The van der Waals surface area contributed by atoms with Crippen LogP contribution in [0.5, 0.6) is 0 Å². The first-order valence-corrected chi connectivity index (χ1v) is 7.40. The van der Waals surface area contributed by atoms with Gasteiger partial charge in [0.2, 0.25) is 0 Å². The van der Waals surface area contributed by atoms with Crippen molar-refractivity contribution in [2.45, 2.75) is 0 Å². The van der Waals surface area contributed by atoms with E-state index in [0.717, 1.165) is 12.1 Å². The van der Waals surface area contributed by atoms with Crippen molar-refractivity contribution < 1.29 is 18.0 Å². The predicted molar refractivity (Wildman–Crippen MR) is 90.4 cm³/mol. The van der Waals surface area contributed by atoms with Gasteiger partial charge < -0.3 is 10.6 Å². The zero-order chi connectivity index (χ0) is 17.8. The van der Waals surface area contributed by atoms with Gasteiger partial charge in [0, 0.05) is 28.7 Å². The van der Waals surface area contributed by atoms with Crippen molar-refractivity contribution >= 4 is 23.0 Å². The molecule has 0 spiro atoms. The van der Waals surface area contributed by atoms with Gasteiger partial charge in [-0.15, -0.1) is 0 Å². The lowest BCUT2D eigenvalue weighted by Gasteiger charge is -2.09. The summed E-state index contributed by atoms with van der Waals surface area (Å²) in [4.78, 5) is 12.0. The minimum absolute atomic E-state index is 0.338. The Labute approximate surface area is 142 Å². The van der Waals surface area contributed by atoms with Crippen LogP contribution in [-0.2, 0) is 0 Å². The summed E-state index contributed by atoms with van der Waals surface area (Å²) >= 11 is 0. The molecule has 2 N–H and O–H groups in total. The maximum absolute atomic E-state index is 13.2. The second-order valence-electron chi connectivity index (χ2n) is 5.29. The molecule has 3 aromatic rings. The van der Waals surface area contributed by atoms with Crippen LogP contribution < -0.4 is 10.6 Å². The SMILES string of the molecule is O=C(Nc1ccc(Nc2ccc(F)c(F)c2)cc1)c1ccc(F)cc1. The first-order valence-electron chi connectivity index (χ1n) is 7.40. The summed E-state index contributed by atoms with van der Waals surface area (Å²) < 4.78 is 39.0. The Bertz CT molecular complexity index is 894. The second-order valence-corrected chi connectivity index (χ2v) is 5.29. The van der Waals surface area contributed by atoms with Gasteiger partial charge in [0.05, 0.1) is 0 Å². The van der Waals surface area contributed by atoms with Crippen molar-refractivity contribution in [3.8, 4) is 0 Å². The number of carbonyl (C=O) groups excluding carboxylic acids is 1. The lowest BCUT2D eigenvalue weighted by atomic mass is 10.2. The summed E-state index contributed by atoms with van der Waals surface area (Å²) in [6.07, 6.45) is 0. The first-order chi connectivity index (χ1) is 12.0. The van der Waals surface area contributed by atoms with Gasteiger partial charge in [-0.2, -0.15) is 0 Å². The van der Waals surface area contributed by atoms with Crippen molar-refractivity contribution in [1.29, 1.82) is 0 Å². The fourth-order valence-corrected chi connectivity index (χ4v) is 2.18. The zero-order valence-electron chi connectivity index (χ0n) is 12.9. The summed E-state index contributed by atoms with van der Waals surface area (Å²) in [5, 5.41) is 5.62. The Morgan fingerprint density at radius 3 is 1.92 bits per heavy atom. The molecule has 0 saturated carbocycles. The van der Waals surface area contributed by atoms with E-state index in [1.807, 2.05) is 0 Å². The highest BCUT2D eigenvalue weighted by Crippen LogP contribution is 2.21. The van der Waals surface area contributed by atoms with E-state index in [9.17, 15) is 18.0 Å². The topological polar surface area (TPSA) is 41.1 Å². The second kappa shape index (κ2) is 7.09. The molecule has 0 aliphatic heterocycles. The number of nitrogens with one attached hydrogen (secondary N) is 2. The fourth-order valence-electron chi connectivity index (χ4n) is 2.18.